The van der Waals surface area contributed by atoms with E-state index >= 15 is 0 Å². The van der Waals surface area contributed by atoms with Gasteiger partial charge < -0.3 is 20.1 Å². The number of anilines is 1. The van der Waals surface area contributed by atoms with Crippen molar-refractivity contribution >= 4 is 11.6 Å². The van der Waals surface area contributed by atoms with Crippen molar-refractivity contribution in [2.75, 3.05) is 26.1 Å². The summed E-state index contributed by atoms with van der Waals surface area (Å²) in [6.45, 7) is 7.68. The molecular formula is C20H31N5O2. The average molecular weight is 374 g/mol. The molecule has 0 saturated heterocycles. The molecule has 27 heavy (non-hydrogen) atoms. The predicted molar refractivity (Wildman–Crippen MR) is 110 cm³/mol. The van der Waals surface area contributed by atoms with E-state index < -0.39 is 0 Å². The second kappa shape index (κ2) is 9.85. The molecule has 7 heteroatoms. The maximum atomic E-state index is 5.37. The highest BCUT2D eigenvalue weighted by Crippen LogP contribution is 2.29. The third-order valence-electron chi connectivity index (χ3n) is 4.41. The quantitative estimate of drug-likeness (QED) is 0.549. The van der Waals surface area contributed by atoms with E-state index in [2.05, 4.69) is 29.6 Å². The van der Waals surface area contributed by atoms with Gasteiger partial charge >= 0.3 is 0 Å². The van der Waals surface area contributed by atoms with Crippen LogP contribution in [-0.4, -0.2) is 36.5 Å². The van der Waals surface area contributed by atoms with Crippen molar-refractivity contribution in [2.24, 2.45) is 12.0 Å². The molecule has 0 unspecified atom stereocenters. The zero-order chi connectivity index (χ0) is 19.8. The van der Waals surface area contributed by atoms with E-state index in [0.29, 0.717) is 18.0 Å². The molecular weight excluding hydrogens is 342 g/mol. The van der Waals surface area contributed by atoms with Gasteiger partial charge in [-0.3, -0.25) is 4.68 Å². The fourth-order valence-corrected chi connectivity index (χ4v) is 3.09. The van der Waals surface area contributed by atoms with Gasteiger partial charge in [0.25, 0.3) is 0 Å². The first-order valence-corrected chi connectivity index (χ1v) is 9.38. The fraction of sp³-hybridized carbons (Fsp3) is 0.500. The van der Waals surface area contributed by atoms with Gasteiger partial charge in [-0.25, -0.2) is 4.99 Å². The van der Waals surface area contributed by atoms with Crippen LogP contribution in [0.2, 0.25) is 0 Å². The van der Waals surface area contributed by atoms with E-state index in [1.165, 1.54) is 11.3 Å². The second-order valence-electron chi connectivity index (χ2n) is 6.09. The Hall–Kier alpha value is -2.70. The molecule has 1 aromatic carbocycles. The van der Waals surface area contributed by atoms with Crippen molar-refractivity contribution in [3.05, 3.63) is 35.2 Å². The Morgan fingerprint density at radius 2 is 1.85 bits per heavy atom. The molecule has 1 heterocycles. The number of benzene rings is 1. The number of aromatic nitrogens is 2. The van der Waals surface area contributed by atoms with Gasteiger partial charge in [0.2, 0.25) is 0 Å². The Bertz CT molecular complexity index is 783. The summed E-state index contributed by atoms with van der Waals surface area (Å²) in [7, 11) is 5.25. The predicted octanol–water partition coefficient (Wildman–Crippen LogP) is 3.14. The molecule has 2 aromatic rings. The summed E-state index contributed by atoms with van der Waals surface area (Å²) < 4.78 is 12.6. The Kier molecular flexibility index (Phi) is 7.52. The fourth-order valence-electron chi connectivity index (χ4n) is 3.09. The Morgan fingerprint density at radius 3 is 2.44 bits per heavy atom. The maximum Gasteiger partial charge on any atom is 0.196 e. The van der Waals surface area contributed by atoms with E-state index in [9.17, 15) is 0 Å². The summed E-state index contributed by atoms with van der Waals surface area (Å²) in [5.74, 6) is 2.09. The molecule has 0 atom stereocenters. The van der Waals surface area contributed by atoms with Crippen molar-refractivity contribution in [2.45, 2.75) is 40.2 Å². The first-order valence-electron chi connectivity index (χ1n) is 9.38. The molecule has 2 N–H and O–H groups in total. The lowest BCUT2D eigenvalue weighted by Crippen LogP contribution is -2.30. The highest BCUT2D eigenvalue weighted by Gasteiger charge is 2.13. The molecule has 7 nitrogen and oxygen atoms in total. The van der Waals surface area contributed by atoms with Crippen molar-refractivity contribution in [1.29, 1.82) is 0 Å². The zero-order valence-electron chi connectivity index (χ0n) is 17.2. The van der Waals surface area contributed by atoms with Crippen LogP contribution in [0, 0.1) is 0 Å². The number of hydrogen-bond donors (Lipinski definition) is 2. The lowest BCUT2D eigenvalue weighted by Gasteiger charge is -2.14. The highest BCUT2D eigenvalue weighted by atomic mass is 16.5. The van der Waals surface area contributed by atoms with Crippen LogP contribution < -0.4 is 20.1 Å². The van der Waals surface area contributed by atoms with E-state index in [-0.39, 0.29) is 0 Å². The van der Waals surface area contributed by atoms with Crippen LogP contribution >= 0.6 is 0 Å². The van der Waals surface area contributed by atoms with E-state index in [4.69, 9.17) is 14.5 Å². The average Bonchev–Trinajstić information content (AvgIpc) is 3.00. The van der Waals surface area contributed by atoms with Gasteiger partial charge in [-0.2, -0.15) is 5.10 Å². The standard InChI is InChI=1S/C20H31N5O2/c1-7-16-15(17(8-2)25(4)24-16)13-22-20(21-9-3)23-14-10-11-18(26-5)19(12-14)27-6/h10-12H,7-9,13H2,1-6H3,(H2,21,22,23). The van der Waals surface area contributed by atoms with Gasteiger partial charge in [0.15, 0.2) is 17.5 Å². The van der Waals surface area contributed by atoms with E-state index in [1.54, 1.807) is 14.2 Å². The third kappa shape index (κ3) is 4.93. The van der Waals surface area contributed by atoms with E-state index in [1.807, 2.05) is 36.9 Å². The van der Waals surface area contributed by atoms with Gasteiger partial charge in [-0.05, 0) is 31.9 Å². The molecule has 2 rings (SSSR count). The minimum absolute atomic E-state index is 0.586. The lowest BCUT2D eigenvalue weighted by atomic mass is 10.1. The first-order chi connectivity index (χ1) is 13.1. The van der Waals surface area contributed by atoms with Crippen molar-refractivity contribution in [3.63, 3.8) is 0 Å². The Balaban J connectivity index is 2.25. The molecule has 0 amide bonds. The normalized spacial score (nSPS) is 11.4. The minimum atomic E-state index is 0.586. The molecule has 0 aliphatic rings. The van der Waals surface area contributed by atoms with Crippen LogP contribution in [-0.2, 0) is 26.4 Å². The second-order valence-corrected chi connectivity index (χ2v) is 6.09. The SMILES string of the molecule is CCNC(=NCc1c(CC)nn(C)c1CC)Nc1ccc(OC)c(OC)c1. The van der Waals surface area contributed by atoms with Gasteiger partial charge in [-0.1, -0.05) is 13.8 Å². The molecule has 0 spiro atoms. The number of rotatable bonds is 8. The van der Waals surface area contributed by atoms with Crippen molar-refractivity contribution in [1.82, 2.24) is 15.1 Å². The number of guanidine groups is 1. The number of nitrogens with one attached hydrogen (secondary N) is 2. The molecule has 0 fully saturated rings. The number of aliphatic imine (C=N–C) groups is 1. The van der Waals surface area contributed by atoms with Crippen LogP contribution in [0.4, 0.5) is 5.69 Å². The van der Waals surface area contributed by atoms with Crippen LogP contribution in [0.1, 0.15) is 37.7 Å². The topological polar surface area (TPSA) is 72.7 Å². The molecule has 0 radical (unpaired) electrons. The number of aryl methyl sites for hydroxylation is 2. The number of ether oxygens (including phenoxy) is 2. The third-order valence-corrected chi connectivity index (χ3v) is 4.41. The molecule has 148 valence electrons. The van der Waals surface area contributed by atoms with Crippen LogP contribution in [0.5, 0.6) is 11.5 Å². The summed E-state index contributed by atoms with van der Waals surface area (Å²) in [4.78, 5) is 4.78. The van der Waals surface area contributed by atoms with Crippen molar-refractivity contribution in [3.8, 4) is 11.5 Å². The Morgan fingerprint density at radius 1 is 1.11 bits per heavy atom. The Labute approximate surface area is 161 Å². The number of hydrogen-bond acceptors (Lipinski definition) is 4. The zero-order valence-corrected chi connectivity index (χ0v) is 17.2. The molecule has 0 aliphatic heterocycles. The maximum absolute atomic E-state index is 5.37. The highest BCUT2D eigenvalue weighted by molar-refractivity contribution is 5.93. The summed E-state index contributed by atoms with van der Waals surface area (Å²) in [6, 6.07) is 5.70. The van der Waals surface area contributed by atoms with E-state index in [0.717, 1.165) is 36.7 Å². The molecule has 0 saturated carbocycles. The monoisotopic (exact) mass is 373 g/mol. The van der Waals surface area contributed by atoms with Crippen LogP contribution in [0.25, 0.3) is 0 Å². The van der Waals surface area contributed by atoms with Gasteiger partial charge in [0.1, 0.15) is 0 Å². The minimum Gasteiger partial charge on any atom is -0.493 e. The summed E-state index contributed by atoms with van der Waals surface area (Å²) in [6.07, 6.45) is 1.84. The first kappa shape index (κ1) is 20.6. The summed E-state index contributed by atoms with van der Waals surface area (Å²) >= 11 is 0. The van der Waals surface area contributed by atoms with Crippen molar-refractivity contribution < 1.29 is 9.47 Å². The number of nitrogens with zero attached hydrogens (tertiary/aromatic N) is 3. The molecule has 1 aromatic heterocycles. The molecule has 0 aliphatic carbocycles. The largest absolute Gasteiger partial charge is 0.493 e. The van der Waals surface area contributed by atoms with Gasteiger partial charge in [0.05, 0.1) is 26.5 Å². The lowest BCUT2D eigenvalue weighted by molar-refractivity contribution is 0.355. The van der Waals surface area contributed by atoms with Crippen LogP contribution in [0.3, 0.4) is 0 Å². The smallest absolute Gasteiger partial charge is 0.196 e. The summed E-state index contributed by atoms with van der Waals surface area (Å²) in [5, 5.41) is 11.2. The van der Waals surface area contributed by atoms with Gasteiger partial charge in [-0.15, -0.1) is 0 Å². The molecule has 0 bridgehead atoms. The summed E-state index contributed by atoms with van der Waals surface area (Å²) in [5.41, 5.74) is 4.44. The van der Waals surface area contributed by atoms with Crippen LogP contribution in [0.15, 0.2) is 23.2 Å². The van der Waals surface area contributed by atoms with Gasteiger partial charge in [0, 0.05) is 36.6 Å². The number of methoxy groups -OCH3 is 2.